The van der Waals surface area contributed by atoms with Crippen LogP contribution in [-0.4, -0.2) is 4.92 Å². The molecule has 4 nitrogen and oxygen atoms in total. The molecule has 0 aliphatic heterocycles. The second kappa shape index (κ2) is 5.54. The van der Waals surface area contributed by atoms with E-state index in [9.17, 15) is 18.9 Å². The summed E-state index contributed by atoms with van der Waals surface area (Å²) in [5.74, 6) is -2.88. The second-order valence-electron chi connectivity index (χ2n) is 4.03. The van der Waals surface area contributed by atoms with Crippen LogP contribution < -0.4 is 4.74 Å². The van der Waals surface area contributed by atoms with E-state index in [2.05, 4.69) is 15.9 Å². The van der Waals surface area contributed by atoms with Gasteiger partial charge in [0, 0.05) is 10.5 Å². The molecular formula is C13H8BrF2NO3. The minimum atomic E-state index is -1.20. The lowest BCUT2D eigenvalue weighted by atomic mass is 10.2. The van der Waals surface area contributed by atoms with Crippen molar-refractivity contribution in [1.82, 2.24) is 0 Å². The minimum absolute atomic E-state index is 0.147. The van der Waals surface area contributed by atoms with E-state index in [4.69, 9.17) is 4.74 Å². The maximum Gasteiger partial charge on any atom is 0.311 e. The highest BCUT2D eigenvalue weighted by molar-refractivity contribution is 9.10. The number of ether oxygens (including phenoxy) is 1. The lowest BCUT2D eigenvalue weighted by molar-refractivity contribution is -0.385. The third kappa shape index (κ3) is 2.93. The average Bonchev–Trinajstić information content (AvgIpc) is 2.35. The van der Waals surface area contributed by atoms with E-state index >= 15 is 0 Å². The predicted octanol–water partition coefficient (Wildman–Crippen LogP) is 4.74. The number of nitrogens with zero attached hydrogens (tertiary/aromatic N) is 1. The van der Waals surface area contributed by atoms with Gasteiger partial charge in [-0.05, 0) is 30.7 Å². The molecule has 104 valence electrons. The topological polar surface area (TPSA) is 52.4 Å². The Kier molecular flexibility index (Phi) is 3.99. The maximum atomic E-state index is 13.6. The summed E-state index contributed by atoms with van der Waals surface area (Å²) in [6.45, 7) is 1.70. The Balaban J connectivity index is 2.50. The fourth-order valence-corrected chi connectivity index (χ4v) is 1.99. The van der Waals surface area contributed by atoms with E-state index in [0.717, 1.165) is 6.07 Å². The number of benzene rings is 2. The zero-order valence-electron chi connectivity index (χ0n) is 10.2. The molecule has 0 unspecified atom stereocenters. The van der Waals surface area contributed by atoms with Crippen molar-refractivity contribution in [3.8, 4) is 11.5 Å². The van der Waals surface area contributed by atoms with E-state index in [-0.39, 0.29) is 15.9 Å². The molecule has 0 aromatic heterocycles. The number of hydrogen-bond donors (Lipinski definition) is 0. The summed E-state index contributed by atoms with van der Waals surface area (Å²) in [5, 5.41) is 10.9. The molecule has 2 rings (SSSR count). The Morgan fingerprint density at radius 2 is 1.90 bits per heavy atom. The summed E-state index contributed by atoms with van der Waals surface area (Å²) in [5.41, 5.74) is 0.372. The molecule has 0 saturated carbocycles. The van der Waals surface area contributed by atoms with Crippen molar-refractivity contribution in [2.45, 2.75) is 6.92 Å². The van der Waals surface area contributed by atoms with Crippen molar-refractivity contribution >= 4 is 21.6 Å². The summed E-state index contributed by atoms with van der Waals surface area (Å²) < 4.78 is 32.3. The number of rotatable bonds is 3. The summed E-state index contributed by atoms with van der Waals surface area (Å²) in [6, 6.07) is 6.30. The van der Waals surface area contributed by atoms with Crippen LogP contribution in [0.5, 0.6) is 11.5 Å². The number of nitro groups is 1. The van der Waals surface area contributed by atoms with Crippen molar-refractivity contribution in [2.24, 2.45) is 0 Å². The first kappa shape index (κ1) is 14.4. The Morgan fingerprint density at radius 3 is 2.55 bits per heavy atom. The fraction of sp³-hybridized carbons (Fsp3) is 0.0769. The van der Waals surface area contributed by atoms with Crippen LogP contribution in [0.2, 0.25) is 0 Å². The van der Waals surface area contributed by atoms with Crippen molar-refractivity contribution in [2.75, 3.05) is 0 Å². The zero-order chi connectivity index (χ0) is 14.9. The fourth-order valence-electron chi connectivity index (χ4n) is 1.58. The monoisotopic (exact) mass is 343 g/mol. The highest BCUT2D eigenvalue weighted by Gasteiger charge is 2.19. The molecule has 0 bridgehead atoms. The van der Waals surface area contributed by atoms with Crippen LogP contribution in [0, 0.1) is 28.7 Å². The van der Waals surface area contributed by atoms with Crippen LogP contribution in [0.25, 0.3) is 0 Å². The molecule has 2 aromatic carbocycles. The molecule has 0 fully saturated rings. The molecular weight excluding hydrogens is 336 g/mol. The third-order valence-corrected chi connectivity index (χ3v) is 2.95. The van der Waals surface area contributed by atoms with Gasteiger partial charge in [0.1, 0.15) is 0 Å². The van der Waals surface area contributed by atoms with Crippen molar-refractivity contribution < 1.29 is 18.4 Å². The van der Waals surface area contributed by atoms with Crippen molar-refractivity contribution in [3.63, 3.8) is 0 Å². The van der Waals surface area contributed by atoms with Gasteiger partial charge < -0.3 is 4.74 Å². The maximum absolute atomic E-state index is 13.6. The van der Waals surface area contributed by atoms with Gasteiger partial charge in [0.25, 0.3) is 0 Å². The number of hydrogen-bond acceptors (Lipinski definition) is 3. The van der Waals surface area contributed by atoms with Gasteiger partial charge in [-0.2, -0.15) is 4.39 Å². The van der Waals surface area contributed by atoms with Gasteiger partial charge in [-0.1, -0.05) is 22.0 Å². The van der Waals surface area contributed by atoms with Crippen molar-refractivity contribution in [3.05, 3.63) is 62.1 Å². The average molecular weight is 344 g/mol. The number of nitro benzene ring substituents is 1. The predicted molar refractivity (Wildman–Crippen MR) is 72.0 cm³/mol. The van der Waals surface area contributed by atoms with Crippen LogP contribution in [0.4, 0.5) is 14.5 Å². The molecule has 0 radical (unpaired) electrons. The SMILES string of the molecule is Cc1ccc([N+](=O)[O-])c(Oc2cc(Br)cc(F)c2F)c1. The Bertz CT molecular complexity index is 692. The first-order valence-corrected chi connectivity index (χ1v) is 6.25. The number of aryl methyl sites for hydroxylation is 1. The third-order valence-electron chi connectivity index (χ3n) is 2.49. The van der Waals surface area contributed by atoms with E-state index in [1.165, 1.54) is 24.3 Å². The minimum Gasteiger partial charge on any atom is -0.447 e. The van der Waals surface area contributed by atoms with E-state index in [1.807, 2.05) is 0 Å². The first-order chi connectivity index (χ1) is 9.38. The first-order valence-electron chi connectivity index (χ1n) is 5.46. The summed E-state index contributed by atoms with van der Waals surface area (Å²) in [7, 11) is 0. The van der Waals surface area contributed by atoms with E-state index < -0.39 is 22.3 Å². The molecule has 20 heavy (non-hydrogen) atoms. The molecule has 7 heteroatoms. The van der Waals surface area contributed by atoms with Gasteiger partial charge in [-0.3, -0.25) is 10.1 Å². The molecule has 0 atom stereocenters. The van der Waals surface area contributed by atoms with Gasteiger partial charge in [-0.15, -0.1) is 0 Å². The van der Waals surface area contributed by atoms with Gasteiger partial charge in [0.15, 0.2) is 11.6 Å². The summed E-state index contributed by atoms with van der Waals surface area (Å²) >= 11 is 3.00. The van der Waals surface area contributed by atoms with E-state index in [1.54, 1.807) is 6.92 Å². The molecule has 0 aliphatic rings. The lowest BCUT2D eigenvalue weighted by Gasteiger charge is -2.09. The van der Waals surface area contributed by atoms with Crippen LogP contribution in [-0.2, 0) is 0 Å². The van der Waals surface area contributed by atoms with Crippen LogP contribution in [0.1, 0.15) is 5.56 Å². The van der Waals surface area contributed by atoms with Crippen LogP contribution in [0.15, 0.2) is 34.8 Å². The normalized spacial score (nSPS) is 10.4. The lowest BCUT2D eigenvalue weighted by Crippen LogP contribution is -1.97. The van der Waals surface area contributed by atoms with E-state index in [0.29, 0.717) is 5.56 Å². The summed E-state index contributed by atoms with van der Waals surface area (Å²) in [6.07, 6.45) is 0. The zero-order valence-corrected chi connectivity index (χ0v) is 11.8. The van der Waals surface area contributed by atoms with Gasteiger partial charge in [-0.25, -0.2) is 4.39 Å². The molecule has 0 aliphatic carbocycles. The largest absolute Gasteiger partial charge is 0.447 e. The van der Waals surface area contributed by atoms with Gasteiger partial charge in [0.05, 0.1) is 4.92 Å². The van der Waals surface area contributed by atoms with Crippen LogP contribution in [0.3, 0.4) is 0 Å². The quantitative estimate of drug-likeness (QED) is 0.459. The number of halogens is 3. The van der Waals surface area contributed by atoms with Gasteiger partial charge >= 0.3 is 5.69 Å². The Morgan fingerprint density at radius 1 is 1.20 bits per heavy atom. The second-order valence-corrected chi connectivity index (χ2v) is 4.95. The molecule has 2 aromatic rings. The summed E-state index contributed by atoms with van der Waals surface area (Å²) in [4.78, 5) is 10.2. The van der Waals surface area contributed by atoms with Crippen LogP contribution >= 0.6 is 15.9 Å². The van der Waals surface area contributed by atoms with Gasteiger partial charge in [0.2, 0.25) is 11.6 Å². The standard InChI is InChI=1S/C13H8BrF2NO3/c1-7-2-3-10(17(18)19)11(4-7)20-12-6-8(14)5-9(15)13(12)16/h2-6H,1H3. The molecule has 0 amide bonds. The Labute approximate surface area is 121 Å². The highest BCUT2D eigenvalue weighted by atomic mass is 79.9. The molecule has 0 spiro atoms. The molecule has 0 saturated heterocycles. The van der Waals surface area contributed by atoms with Crippen molar-refractivity contribution in [1.29, 1.82) is 0 Å². The molecule has 0 heterocycles. The Hall–Kier alpha value is -2.02. The molecule has 0 N–H and O–H groups in total. The highest BCUT2D eigenvalue weighted by Crippen LogP contribution is 2.35. The smallest absolute Gasteiger partial charge is 0.311 e.